The second-order valence-corrected chi connectivity index (χ2v) is 14.9. The highest BCUT2D eigenvalue weighted by atomic mass is 32.2. The van der Waals surface area contributed by atoms with E-state index in [1.165, 1.54) is 9.79 Å². The van der Waals surface area contributed by atoms with Gasteiger partial charge in [-0.1, -0.05) is 48.5 Å². The van der Waals surface area contributed by atoms with Gasteiger partial charge in [-0.05, 0) is 48.5 Å². The van der Waals surface area contributed by atoms with Crippen LogP contribution in [-0.4, -0.2) is 59.9 Å². The molecule has 310 valence electrons. The third-order valence-corrected chi connectivity index (χ3v) is 10.8. The molecule has 1 heterocycles. The Morgan fingerprint density at radius 3 is 1.28 bits per heavy atom. The average molecular weight is 881 g/mol. The molecule has 0 atom stereocenters. The standard InChI is InChI=1S/C25H17O2S.C8HF17O3S/c26-25-21-13-7-8-14-23(21)27-24-16-15-20(17-22(24)25)28(18-9-3-1-4-10-18)19-11-5-2-6-12-19;9-1(10,3(13,14)5(17,18)7(21,22)23)2(11,12)4(15,16)6(19,20)8(24,25)29(26,27)28/h1-17H;(H,26,27,28)/q+1;/p-1. The molecule has 0 radical (unpaired) electrons. The van der Waals surface area contributed by atoms with E-state index in [0.29, 0.717) is 21.9 Å². The van der Waals surface area contributed by atoms with Crippen molar-refractivity contribution in [3.05, 3.63) is 113 Å². The highest BCUT2D eigenvalue weighted by Crippen LogP contribution is 2.64. The Kier molecular flexibility index (Phi) is 11.6. The van der Waals surface area contributed by atoms with Crippen molar-refractivity contribution in [3.63, 3.8) is 0 Å². The molecule has 0 aliphatic rings. The second-order valence-electron chi connectivity index (χ2n) is 11.4. The molecular weight excluding hydrogens is 863 g/mol. The molecule has 1 aromatic heterocycles. The van der Waals surface area contributed by atoms with E-state index in [4.69, 9.17) is 4.42 Å². The zero-order chi connectivity index (χ0) is 43.4. The normalized spacial score (nSPS) is 14.2. The van der Waals surface area contributed by atoms with Crippen molar-refractivity contribution in [2.75, 3.05) is 0 Å². The fraction of sp³-hybridized carbons (Fsp3) is 0.242. The Hall–Kier alpha value is -4.58. The molecule has 0 spiro atoms. The van der Waals surface area contributed by atoms with Crippen LogP contribution in [0.3, 0.4) is 0 Å². The van der Waals surface area contributed by atoms with Gasteiger partial charge in [-0.3, -0.25) is 4.79 Å². The summed E-state index contributed by atoms with van der Waals surface area (Å²) in [5.74, 6) is -52.1. The van der Waals surface area contributed by atoms with Crippen LogP contribution in [-0.2, 0) is 21.0 Å². The number of rotatable bonds is 10. The summed E-state index contributed by atoms with van der Waals surface area (Å²) in [5.41, 5.74) is 1.26. The van der Waals surface area contributed by atoms with Crippen LogP contribution in [0.1, 0.15) is 0 Å². The maximum absolute atomic E-state index is 13.1. The van der Waals surface area contributed by atoms with Gasteiger partial charge in [-0.2, -0.15) is 74.6 Å². The van der Waals surface area contributed by atoms with Crippen molar-refractivity contribution in [2.45, 2.75) is 61.7 Å². The monoisotopic (exact) mass is 880 g/mol. The summed E-state index contributed by atoms with van der Waals surface area (Å²) < 4.78 is 250. The molecule has 0 N–H and O–H groups in total. The largest absolute Gasteiger partial charge is 0.743 e. The molecule has 5 aromatic rings. The molecule has 0 saturated carbocycles. The zero-order valence-electron chi connectivity index (χ0n) is 27.1. The molecule has 0 amide bonds. The molecule has 5 rings (SSSR count). The molecule has 0 aliphatic carbocycles. The van der Waals surface area contributed by atoms with Crippen LogP contribution >= 0.6 is 0 Å². The van der Waals surface area contributed by atoms with E-state index in [0.717, 1.165) is 4.90 Å². The van der Waals surface area contributed by atoms with Gasteiger partial charge < -0.3 is 8.97 Å². The van der Waals surface area contributed by atoms with Crippen molar-refractivity contribution in [3.8, 4) is 0 Å². The molecular formula is C33H17F17O5S2. The number of hydrogen-bond donors (Lipinski definition) is 0. The summed E-state index contributed by atoms with van der Waals surface area (Å²) in [4.78, 5) is 16.6. The fourth-order valence-corrected chi connectivity index (χ4v) is 7.29. The number of halogens is 17. The predicted octanol–water partition coefficient (Wildman–Crippen LogP) is 10.5. The molecule has 57 heavy (non-hydrogen) atoms. The van der Waals surface area contributed by atoms with Crippen LogP contribution < -0.4 is 5.43 Å². The Morgan fingerprint density at radius 2 is 0.842 bits per heavy atom. The molecule has 0 unspecified atom stereocenters. The SMILES string of the molecule is O=S(=O)([O-])C(F)(F)C(F)(F)C(F)(F)C(F)(F)C(F)(F)C(F)(F)C(F)(F)C(F)(F)F.O=c1c2ccccc2oc2ccc([S+](c3ccccc3)c3ccccc3)cc12. The summed E-state index contributed by atoms with van der Waals surface area (Å²) in [6, 6.07) is 34.2. The lowest BCUT2D eigenvalue weighted by atomic mass is 9.91. The molecule has 0 bridgehead atoms. The van der Waals surface area contributed by atoms with E-state index in [1.54, 1.807) is 0 Å². The van der Waals surface area contributed by atoms with E-state index in [2.05, 4.69) is 54.6 Å². The number of benzene rings is 4. The van der Waals surface area contributed by atoms with Gasteiger partial charge in [0.05, 0.1) is 21.7 Å². The Bertz CT molecular complexity index is 2360. The predicted molar refractivity (Wildman–Crippen MR) is 165 cm³/mol. The number of para-hydroxylation sites is 1. The van der Waals surface area contributed by atoms with Crippen molar-refractivity contribution in [1.29, 1.82) is 0 Å². The minimum Gasteiger partial charge on any atom is -0.743 e. The van der Waals surface area contributed by atoms with Crippen LogP contribution in [0.25, 0.3) is 21.9 Å². The van der Waals surface area contributed by atoms with E-state index >= 15 is 0 Å². The van der Waals surface area contributed by atoms with Crippen LogP contribution in [0.2, 0.25) is 0 Å². The first-order chi connectivity index (χ1) is 25.8. The zero-order valence-corrected chi connectivity index (χ0v) is 28.7. The van der Waals surface area contributed by atoms with Gasteiger partial charge in [0.15, 0.2) is 24.8 Å². The van der Waals surface area contributed by atoms with Crippen LogP contribution in [0, 0.1) is 0 Å². The highest BCUT2D eigenvalue weighted by Gasteiger charge is 2.95. The van der Waals surface area contributed by atoms with E-state index in [1.807, 2.05) is 48.5 Å². The summed E-state index contributed by atoms with van der Waals surface area (Å²) in [5, 5.41) is -6.71. The fourth-order valence-electron chi connectivity index (χ4n) is 4.74. The summed E-state index contributed by atoms with van der Waals surface area (Å²) in [6.07, 6.45) is -7.89. The maximum atomic E-state index is 13.1. The molecule has 0 saturated heterocycles. The third-order valence-electron chi connectivity index (χ3n) is 7.75. The molecule has 5 nitrogen and oxygen atoms in total. The molecule has 0 fully saturated rings. The van der Waals surface area contributed by atoms with Gasteiger partial charge in [0.2, 0.25) is 5.43 Å². The quantitative estimate of drug-likeness (QED) is 0.0604. The third kappa shape index (κ3) is 7.27. The van der Waals surface area contributed by atoms with Gasteiger partial charge in [0.25, 0.3) is 0 Å². The van der Waals surface area contributed by atoms with E-state index in [-0.39, 0.29) is 16.3 Å². The summed E-state index contributed by atoms with van der Waals surface area (Å²) >= 11 is 0. The number of alkyl halides is 17. The van der Waals surface area contributed by atoms with Gasteiger partial charge in [-0.25, -0.2) is 8.42 Å². The van der Waals surface area contributed by atoms with Gasteiger partial charge in [-0.15, -0.1) is 0 Å². The summed E-state index contributed by atoms with van der Waals surface area (Å²) in [6.45, 7) is 0. The van der Waals surface area contributed by atoms with Gasteiger partial charge >= 0.3 is 47.0 Å². The van der Waals surface area contributed by atoms with E-state index < -0.39 is 57.1 Å². The molecule has 0 aliphatic heterocycles. The molecule has 24 heteroatoms. The Morgan fingerprint density at radius 1 is 0.456 bits per heavy atom. The van der Waals surface area contributed by atoms with E-state index in [9.17, 15) is 92.4 Å². The van der Waals surface area contributed by atoms with Crippen molar-refractivity contribution >= 4 is 43.0 Å². The Balaban J connectivity index is 0.000000252. The van der Waals surface area contributed by atoms with Crippen LogP contribution in [0.5, 0.6) is 0 Å². The molecule has 4 aromatic carbocycles. The topological polar surface area (TPSA) is 87.4 Å². The smallest absolute Gasteiger partial charge is 0.460 e. The Labute approximate surface area is 309 Å². The summed E-state index contributed by atoms with van der Waals surface area (Å²) in [7, 11) is -8.44. The van der Waals surface area contributed by atoms with Gasteiger partial charge in [0, 0.05) is 6.07 Å². The average Bonchev–Trinajstić information content (AvgIpc) is 3.12. The van der Waals surface area contributed by atoms with Crippen LogP contribution in [0.4, 0.5) is 74.6 Å². The second kappa shape index (κ2) is 14.7. The number of hydrogen-bond acceptors (Lipinski definition) is 5. The van der Waals surface area contributed by atoms with Crippen molar-refractivity contribution in [1.82, 2.24) is 0 Å². The maximum Gasteiger partial charge on any atom is 0.460 e. The van der Waals surface area contributed by atoms with Crippen molar-refractivity contribution < 1.29 is 92.0 Å². The number of fused-ring (bicyclic) bond motifs is 2. The van der Waals surface area contributed by atoms with Crippen molar-refractivity contribution in [2.24, 2.45) is 0 Å². The highest BCUT2D eigenvalue weighted by molar-refractivity contribution is 7.97. The van der Waals surface area contributed by atoms with Gasteiger partial charge in [0.1, 0.15) is 11.2 Å². The first kappa shape index (κ1) is 45.1. The minimum absolute atomic E-state index is 0.0170. The minimum atomic E-state index is -8.92. The first-order valence-corrected chi connectivity index (χ1v) is 17.4. The van der Waals surface area contributed by atoms with Crippen LogP contribution in [0.15, 0.2) is 127 Å². The lowest BCUT2D eigenvalue weighted by Gasteiger charge is -2.42. The lowest BCUT2D eigenvalue weighted by Crippen LogP contribution is -2.75. The first-order valence-electron chi connectivity index (χ1n) is 14.8. The lowest BCUT2D eigenvalue weighted by molar-refractivity contribution is -0.458.